The number of aromatic nitrogens is 1. The van der Waals surface area contributed by atoms with Crippen molar-refractivity contribution in [2.75, 3.05) is 26.2 Å². The summed E-state index contributed by atoms with van der Waals surface area (Å²) in [5.41, 5.74) is 1.17. The van der Waals surface area contributed by atoms with Crippen LogP contribution in [0.15, 0.2) is 36.4 Å². The third kappa shape index (κ3) is 3.79. The monoisotopic (exact) mass is 429 g/mol. The minimum atomic E-state index is -0.267. The van der Waals surface area contributed by atoms with Crippen molar-refractivity contribution < 1.29 is 18.7 Å². The van der Waals surface area contributed by atoms with Crippen LogP contribution in [0, 0.1) is 5.82 Å². The van der Waals surface area contributed by atoms with Gasteiger partial charge < -0.3 is 19.7 Å². The van der Waals surface area contributed by atoms with Crippen LogP contribution in [0.5, 0.6) is 11.5 Å². The lowest BCUT2D eigenvalue weighted by Crippen LogP contribution is -2.47. The highest BCUT2D eigenvalue weighted by Gasteiger charge is 2.34. The lowest BCUT2D eigenvalue weighted by molar-refractivity contribution is 0.0928. The minimum absolute atomic E-state index is 0.0409. The Morgan fingerprint density at radius 2 is 1.93 bits per heavy atom. The molecule has 1 N–H and O–H groups in total. The molecule has 0 saturated heterocycles. The normalized spacial score (nSPS) is 18.4. The van der Waals surface area contributed by atoms with Gasteiger partial charge in [-0.15, -0.1) is 0 Å². The summed E-state index contributed by atoms with van der Waals surface area (Å²) in [6.07, 6.45) is 2.81. The Balaban J connectivity index is 1.55. The molecule has 1 aliphatic rings. The number of ether oxygens (including phenoxy) is 2. The molecule has 8 heteroatoms. The Morgan fingerprint density at radius 1 is 1.20 bits per heavy atom. The van der Waals surface area contributed by atoms with Crippen molar-refractivity contribution in [3.8, 4) is 11.5 Å². The standard InChI is InChI=1S/C22H24FN3O3S/c1-26(22-25-15-11-10-13(23)12-19(15)30-22)16-7-4-6-14(16)24-21(27)20-17(28-2)8-5-9-18(20)29-3/h5,8-12,14,16H,4,6-7H2,1-3H3,(H,24,27)/t14-,16+/m1/s1. The molecule has 3 aromatic rings. The number of hydrogen-bond donors (Lipinski definition) is 1. The number of carbonyl (C=O) groups is 1. The number of likely N-dealkylation sites (N-methyl/N-ethyl adjacent to an activating group) is 1. The maximum Gasteiger partial charge on any atom is 0.259 e. The van der Waals surface area contributed by atoms with Crippen LogP contribution in [0.1, 0.15) is 29.6 Å². The van der Waals surface area contributed by atoms with Crippen molar-refractivity contribution in [2.24, 2.45) is 0 Å². The van der Waals surface area contributed by atoms with E-state index >= 15 is 0 Å². The molecule has 1 amide bonds. The van der Waals surface area contributed by atoms with Crippen molar-refractivity contribution >= 4 is 32.6 Å². The third-order valence-electron chi connectivity index (χ3n) is 5.59. The van der Waals surface area contributed by atoms with E-state index < -0.39 is 0 Å². The zero-order valence-electron chi connectivity index (χ0n) is 17.1. The fourth-order valence-corrected chi connectivity index (χ4v) is 5.08. The lowest BCUT2D eigenvalue weighted by atomic mass is 10.1. The van der Waals surface area contributed by atoms with E-state index in [1.165, 1.54) is 37.7 Å². The van der Waals surface area contributed by atoms with E-state index in [1.54, 1.807) is 24.3 Å². The molecule has 1 aromatic heterocycles. The molecule has 6 nitrogen and oxygen atoms in total. The topological polar surface area (TPSA) is 63.7 Å². The molecule has 4 rings (SSSR count). The van der Waals surface area contributed by atoms with Crippen LogP contribution >= 0.6 is 11.3 Å². The van der Waals surface area contributed by atoms with E-state index in [1.807, 2.05) is 7.05 Å². The van der Waals surface area contributed by atoms with E-state index in [0.717, 1.165) is 34.6 Å². The average Bonchev–Trinajstić information content (AvgIpc) is 3.38. The van der Waals surface area contributed by atoms with Gasteiger partial charge in [-0.3, -0.25) is 4.79 Å². The highest BCUT2D eigenvalue weighted by molar-refractivity contribution is 7.22. The predicted molar refractivity (Wildman–Crippen MR) is 116 cm³/mol. The number of nitrogens with one attached hydrogen (secondary N) is 1. The van der Waals surface area contributed by atoms with Gasteiger partial charge in [0.15, 0.2) is 5.13 Å². The molecule has 1 fully saturated rings. The van der Waals surface area contributed by atoms with Crippen molar-refractivity contribution in [2.45, 2.75) is 31.3 Å². The SMILES string of the molecule is COc1cccc(OC)c1C(=O)N[C@@H]1CCC[C@@H]1N(C)c1nc2ccc(F)cc2s1. The largest absolute Gasteiger partial charge is 0.496 e. The number of thiazole rings is 1. The molecular formula is C22H24FN3O3S. The number of anilines is 1. The van der Waals surface area contributed by atoms with Gasteiger partial charge in [-0.05, 0) is 49.6 Å². The summed E-state index contributed by atoms with van der Waals surface area (Å²) in [4.78, 5) is 19.8. The summed E-state index contributed by atoms with van der Waals surface area (Å²) in [5.74, 6) is 0.462. The van der Waals surface area contributed by atoms with Crippen molar-refractivity contribution in [1.82, 2.24) is 10.3 Å². The lowest BCUT2D eigenvalue weighted by Gasteiger charge is -2.30. The number of amides is 1. The first-order valence-electron chi connectivity index (χ1n) is 9.82. The zero-order chi connectivity index (χ0) is 21.3. The molecule has 1 heterocycles. The highest BCUT2D eigenvalue weighted by Crippen LogP contribution is 2.34. The predicted octanol–water partition coefficient (Wildman–Crippen LogP) is 4.24. The summed E-state index contributed by atoms with van der Waals surface area (Å²) in [5, 5.41) is 3.98. The zero-order valence-corrected chi connectivity index (χ0v) is 18.0. The Hall–Kier alpha value is -2.87. The van der Waals surface area contributed by atoms with Crippen LogP contribution < -0.4 is 19.7 Å². The molecule has 0 unspecified atom stereocenters. The smallest absolute Gasteiger partial charge is 0.259 e. The van der Waals surface area contributed by atoms with Gasteiger partial charge in [0, 0.05) is 13.1 Å². The second-order valence-corrected chi connectivity index (χ2v) is 8.34. The quantitative estimate of drug-likeness (QED) is 0.635. The van der Waals surface area contributed by atoms with Crippen LogP contribution in [0.3, 0.4) is 0 Å². The Morgan fingerprint density at radius 3 is 2.63 bits per heavy atom. The van der Waals surface area contributed by atoms with Gasteiger partial charge in [-0.1, -0.05) is 17.4 Å². The number of methoxy groups -OCH3 is 2. The summed E-state index contributed by atoms with van der Waals surface area (Å²) in [7, 11) is 5.05. The number of fused-ring (bicyclic) bond motifs is 1. The second-order valence-electron chi connectivity index (χ2n) is 7.34. The van der Waals surface area contributed by atoms with Gasteiger partial charge in [-0.2, -0.15) is 0 Å². The molecule has 1 saturated carbocycles. The second kappa shape index (κ2) is 8.47. The first kappa shape index (κ1) is 20.4. The molecule has 0 spiro atoms. The van der Waals surface area contributed by atoms with Crippen LogP contribution in [-0.2, 0) is 0 Å². The highest BCUT2D eigenvalue weighted by atomic mass is 32.1. The summed E-state index contributed by atoms with van der Waals surface area (Å²) < 4.78 is 25.1. The molecule has 0 aliphatic heterocycles. The van der Waals surface area contributed by atoms with Crippen molar-refractivity contribution in [3.05, 3.63) is 47.8 Å². The number of benzene rings is 2. The maximum absolute atomic E-state index is 13.5. The maximum atomic E-state index is 13.5. The molecule has 30 heavy (non-hydrogen) atoms. The van der Waals surface area contributed by atoms with Gasteiger partial charge in [-0.25, -0.2) is 9.37 Å². The van der Waals surface area contributed by atoms with Gasteiger partial charge in [0.05, 0.1) is 30.5 Å². The van der Waals surface area contributed by atoms with Crippen molar-refractivity contribution in [3.63, 3.8) is 0 Å². The van der Waals surface area contributed by atoms with Crippen molar-refractivity contribution in [1.29, 1.82) is 0 Å². The minimum Gasteiger partial charge on any atom is -0.496 e. The van der Waals surface area contributed by atoms with Crippen LogP contribution in [-0.4, -0.2) is 44.2 Å². The number of hydrogen-bond acceptors (Lipinski definition) is 6. The summed E-state index contributed by atoms with van der Waals surface area (Å²) in [6, 6.07) is 9.96. The summed E-state index contributed by atoms with van der Waals surface area (Å²) in [6.45, 7) is 0. The molecule has 2 aromatic carbocycles. The molecule has 2 atom stereocenters. The molecule has 0 radical (unpaired) electrons. The number of halogens is 1. The Kier molecular flexibility index (Phi) is 5.76. The van der Waals surface area contributed by atoms with Crippen LogP contribution in [0.2, 0.25) is 0 Å². The number of carbonyl (C=O) groups excluding carboxylic acids is 1. The fourth-order valence-electron chi connectivity index (χ4n) is 4.07. The molecular weight excluding hydrogens is 405 g/mol. The Labute approximate surface area is 178 Å². The third-order valence-corrected chi connectivity index (χ3v) is 6.70. The number of nitrogens with zero attached hydrogens (tertiary/aromatic N) is 2. The first-order chi connectivity index (χ1) is 14.5. The number of rotatable bonds is 6. The fraction of sp³-hybridized carbons (Fsp3) is 0.364. The first-order valence-corrected chi connectivity index (χ1v) is 10.6. The van der Waals surface area contributed by atoms with Crippen LogP contribution in [0.4, 0.5) is 9.52 Å². The van der Waals surface area contributed by atoms with Gasteiger partial charge in [0.25, 0.3) is 5.91 Å². The van der Waals surface area contributed by atoms with Crippen LogP contribution in [0.25, 0.3) is 10.2 Å². The average molecular weight is 430 g/mol. The molecule has 1 aliphatic carbocycles. The van der Waals surface area contributed by atoms with E-state index in [-0.39, 0.29) is 23.8 Å². The Bertz CT molecular complexity index is 1050. The van der Waals surface area contributed by atoms with Gasteiger partial charge in [0.2, 0.25) is 0 Å². The van der Waals surface area contributed by atoms with E-state index in [0.29, 0.717) is 17.1 Å². The van der Waals surface area contributed by atoms with E-state index in [2.05, 4.69) is 15.2 Å². The van der Waals surface area contributed by atoms with E-state index in [4.69, 9.17) is 9.47 Å². The molecule has 0 bridgehead atoms. The van der Waals surface area contributed by atoms with Gasteiger partial charge >= 0.3 is 0 Å². The summed E-state index contributed by atoms with van der Waals surface area (Å²) >= 11 is 1.46. The van der Waals surface area contributed by atoms with E-state index in [9.17, 15) is 9.18 Å². The molecule has 158 valence electrons. The van der Waals surface area contributed by atoms with Gasteiger partial charge in [0.1, 0.15) is 22.9 Å².